The minimum Gasteiger partial charge on any atom is -0.349 e. The van der Waals surface area contributed by atoms with Crippen molar-refractivity contribution < 1.29 is 9.69 Å². The molecule has 1 heterocycles. The number of likely N-dealkylation sites (N-methyl/N-ethyl adjacent to an activating group) is 1. The van der Waals surface area contributed by atoms with Gasteiger partial charge in [0.1, 0.15) is 11.6 Å². The van der Waals surface area contributed by atoms with Crippen molar-refractivity contribution in [3.8, 4) is 11.3 Å². The smallest absolute Gasteiger partial charge is 0.275 e. The predicted molar refractivity (Wildman–Crippen MR) is 100 cm³/mol. The number of nitrogens with one attached hydrogen (secondary N) is 2. The number of aromatic nitrogens is 1. The minimum atomic E-state index is 0.0881. The number of amides is 1. The number of thiazole rings is 1. The van der Waals surface area contributed by atoms with Gasteiger partial charge in [0.25, 0.3) is 5.91 Å². The number of quaternary nitrogens is 1. The fourth-order valence-corrected chi connectivity index (χ4v) is 3.72. The van der Waals surface area contributed by atoms with Gasteiger partial charge in [-0.15, -0.1) is 11.3 Å². The zero-order valence-corrected chi connectivity index (χ0v) is 16.3. The second-order valence-corrected chi connectivity index (χ2v) is 8.13. The summed E-state index contributed by atoms with van der Waals surface area (Å²) in [7, 11) is 2.03. The lowest BCUT2D eigenvalue weighted by Crippen LogP contribution is -3.09. The van der Waals surface area contributed by atoms with Crippen LogP contribution in [0.3, 0.4) is 0 Å². The normalized spacial score (nSPS) is 12.5. The van der Waals surface area contributed by atoms with Gasteiger partial charge in [0.2, 0.25) is 0 Å². The van der Waals surface area contributed by atoms with E-state index in [1.165, 1.54) is 21.6 Å². The van der Waals surface area contributed by atoms with Crippen LogP contribution in [0.4, 0.5) is 0 Å². The van der Waals surface area contributed by atoms with Crippen molar-refractivity contribution in [1.29, 1.82) is 0 Å². The van der Waals surface area contributed by atoms with Crippen LogP contribution < -0.4 is 10.2 Å². The van der Waals surface area contributed by atoms with Crippen molar-refractivity contribution in [1.82, 2.24) is 10.3 Å². The molecular weight excluding hydrogens is 318 g/mol. The third-order valence-corrected chi connectivity index (χ3v) is 4.96. The van der Waals surface area contributed by atoms with Gasteiger partial charge in [-0.1, -0.05) is 12.1 Å². The summed E-state index contributed by atoms with van der Waals surface area (Å²) in [4.78, 5) is 19.1. The van der Waals surface area contributed by atoms with E-state index in [9.17, 15) is 4.79 Å². The van der Waals surface area contributed by atoms with E-state index in [-0.39, 0.29) is 11.9 Å². The SMILES string of the molecule is Cc1ccc(-c2nc(C[NH+](C)CC(=O)NC(C)C)sc2C)cc1C. The number of carbonyl (C=O) groups is 1. The fourth-order valence-electron chi connectivity index (χ4n) is 2.65. The van der Waals surface area contributed by atoms with Gasteiger partial charge in [-0.3, -0.25) is 4.79 Å². The van der Waals surface area contributed by atoms with Crippen molar-refractivity contribution in [2.24, 2.45) is 0 Å². The summed E-state index contributed by atoms with van der Waals surface area (Å²) in [6, 6.07) is 6.68. The van der Waals surface area contributed by atoms with Crippen LogP contribution >= 0.6 is 11.3 Å². The molecule has 1 amide bonds. The first-order valence-corrected chi connectivity index (χ1v) is 9.22. The van der Waals surface area contributed by atoms with E-state index in [1.54, 1.807) is 11.3 Å². The molecule has 0 saturated heterocycles. The van der Waals surface area contributed by atoms with Gasteiger partial charge in [0.15, 0.2) is 6.54 Å². The number of hydrogen-bond acceptors (Lipinski definition) is 3. The van der Waals surface area contributed by atoms with Crippen LogP contribution in [-0.2, 0) is 11.3 Å². The Labute approximate surface area is 148 Å². The van der Waals surface area contributed by atoms with Gasteiger partial charge in [-0.2, -0.15) is 0 Å². The first-order chi connectivity index (χ1) is 11.3. The van der Waals surface area contributed by atoms with Crippen LogP contribution in [-0.4, -0.2) is 30.5 Å². The average molecular weight is 347 g/mol. The van der Waals surface area contributed by atoms with Crippen molar-refractivity contribution in [3.05, 3.63) is 39.2 Å². The number of aryl methyl sites for hydroxylation is 3. The number of benzene rings is 1. The van der Waals surface area contributed by atoms with Crippen molar-refractivity contribution in [3.63, 3.8) is 0 Å². The lowest BCUT2D eigenvalue weighted by Gasteiger charge is -2.13. The molecule has 0 aliphatic carbocycles. The van der Waals surface area contributed by atoms with Gasteiger partial charge in [-0.25, -0.2) is 4.98 Å². The first kappa shape index (κ1) is 18.6. The summed E-state index contributed by atoms with van der Waals surface area (Å²) >= 11 is 1.72. The zero-order chi connectivity index (χ0) is 17.9. The summed E-state index contributed by atoms with van der Waals surface area (Å²) in [5, 5.41) is 4.02. The molecule has 130 valence electrons. The summed E-state index contributed by atoms with van der Waals surface area (Å²) < 4.78 is 0. The molecule has 1 unspecified atom stereocenters. The minimum absolute atomic E-state index is 0.0881. The molecule has 2 N–H and O–H groups in total. The Morgan fingerprint density at radius 3 is 2.58 bits per heavy atom. The van der Waals surface area contributed by atoms with Gasteiger partial charge < -0.3 is 10.2 Å². The quantitative estimate of drug-likeness (QED) is 0.843. The zero-order valence-electron chi connectivity index (χ0n) is 15.5. The molecule has 0 aliphatic rings. The second kappa shape index (κ2) is 7.90. The maximum Gasteiger partial charge on any atom is 0.275 e. The van der Waals surface area contributed by atoms with Gasteiger partial charge in [0.05, 0.1) is 12.7 Å². The standard InChI is InChI=1S/C19H27N3OS/c1-12(2)20-17(23)10-22(6)11-18-21-19(15(5)24-18)16-8-7-13(3)14(4)9-16/h7-9,12H,10-11H2,1-6H3,(H,20,23)/p+1. The lowest BCUT2D eigenvalue weighted by atomic mass is 10.0. The molecular formula is C19H28N3OS+. The van der Waals surface area contributed by atoms with Gasteiger partial charge in [0, 0.05) is 16.5 Å². The summed E-state index contributed by atoms with van der Waals surface area (Å²) in [5.41, 5.74) is 4.83. The Bertz CT molecular complexity index is 721. The molecule has 1 atom stereocenters. The maximum atomic E-state index is 11.9. The summed E-state index contributed by atoms with van der Waals surface area (Å²) in [5.74, 6) is 0.0881. The summed E-state index contributed by atoms with van der Waals surface area (Å²) in [6.45, 7) is 11.6. The number of nitrogens with zero attached hydrogens (tertiary/aromatic N) is 1. The van der Waals surface area contributed by atoms with Crippen LogP contribution in [0.25, 0.3) is 11.3 Å². The highest BCUT2D eigenvalue weighted by Gasteiger charge is 2.16. The van der Waals surface area contributed by atoms with E-state index >= 15 is 0 Å². The molecule has 0 radical (unpaired) electrons. The highest BCUT2D eigenvalue weighted by Crippen LogP contribution is 2.28. The van der Waals surface area contributed by atoms with E-state index in [1.807, 2.05) is 20.9 Å². The Balaban J connectivity index is 2.08. The van der Waals surface area contributed by atoms with Crippen LogP contribution in [0.15, 0.2) is 18.2 Å². The number of hydrogen-bond donors (Lipinski definition) is 2. The Morgan fingerprint density at radius 2 is 1.96 bits per heavy atom. The van der Waals surface area contributed by atoms with Crippen molar-refractivity contribution >= 4 is 17.2 Å². The number of rotatable bonds is 6. The Kier molecular flexibility index (Phi) is 6.13. The molecule has 0 fully saturated rings. The molecule has 0 saturated carbocycles. The molecule has 0 spiro atoms. The monoisotopic (exact) mass is 346 g/mol. The van der Waals surface area contributed by atoms with Gasteiger partial charge >= 0.3 is 0 Å². The molecule has 5 heteroatoms. The highest BCUT2D eigenvalue weighted by atomic mass is 32.1. The molecule has 1 aromatic carbocycles. The van der Waals surface area contributed by atoms with E-state index < -0.39 is 0 Å². The average Bonchev–Trinajstić information content (AvgIpc) is 2.81. The Hall–Kier alpha value is -1.72. The van der Waals surface area contributed by atoms with Crippen molar-refractivity contribution in [2.45, 2.75) is 47.2 Å². The van der Waals surface area contributed by atoms with E-state index in [2.05, 4.69) is 44.3 Å². The van der Waals surface area contributed by atoms with Crippen LogP contribution in [0, 0.1) is 20.8 Å². The molecule has 24 heavy (non-hydrogen) atoms. The van der Waals surface area contributed by atoms with Crippen molar-refractivity contribution in [2.75, 3.05) is 13.6 Å². The predicted octanol–water partition coefficient (Wildman–Crippen LogP) is 2.27. The molecule has 2 aromatic rings. The molecule has 0 aliphatic heterocycles. The molecule has 4 nitrogen and oxygen atoms in total. The van der Waals surface area contributed by atoms with Gasteiger partial charge in [-0.05, 0) is 51.8 Å². The third kappa shape index (κ3) is 4.89. The topological polar surface area (TPSA) is 46.4 Å². The first-order valence-electron chi connectivity index (χ1n) is 8.41. The number of carbonyl (C=O) groups excluding carboxylic acids is 1. The second-order valence-electron chi connectivity index (χ2n) is 6.84. The summed E-state index contributed by atoms with van der Waals surface area (Å²) in [6.07, 6.45) is 0. The van der Waals surface area contributed by atoms with Crippen LogP contribution in [0.1, 0.15) is 34.9 Å². The van der Waals surface area contributed by atoms with Crippen LogP contribution in [0.5, 0.6) is 0 Å². The molecule has 0 bridgehead atoms. The maximum absolute atomic E-state index is 11.9. The Morgan fingerprint density at radius 1 is 1.25 bits per heavy atom. The van der Waals surface area contributed by atoms with E-state index in [0.717, 1.165) is 22.1 Å². The van der Waals surface area contributed by atoms with E-state index in [4.69, 9.17) is 4.98 Å². The van der Waals surface area contributed by atoms with Crippen LogP contribution in [0.2, 0.25) is 0 Å². The highest BCUT2D eigenvalue weighted by molar-refractivity contribution is 7.12. The van der Waals surface area contributed by atoms with E-state index in [0.29, 0.717) is 6.54 Å². The largest absolute Gasteiger partial charge is 0.349 e. The molecule has 2 rings (SSSR count). The lowest BCUT2D eigenvalue weighted by molar-refractivity contribution is -0.885. The fraction of sp³-hybridized carbons (Fsp3) is 0.474. The third-order valence-electron chi connectivity index (χ3n) is 3.99. The molecule has 1 aromatic heterocycles.